The molecule has 1 fully saturated rings. The fraction of sp³-hybridized carbons (Fsp3) is 0.409. The van der Waals surface area contributed by atoms with Gasteiger partial charge in [0.15, 0.2) is 0 Å². The summed E-state index contributed by atoms with van der Waals surface area (Å²) in [6.07, 6.45) is 0.124. The lowest BCUT2D eigenvalue weighted by Gasteiger charge is -2.32. The minimum Gasteiger partial charge on any atom is -0.380 e. The first-order chi connectivity index (χ1) is 14.4. The number of rotatable bonds is 5. The molecule has 1 aromatic carbocycles. The summed E-state index contributed by atoms with van der Waals surface area (Å²) in [4.78, 5) is 10.8. The van der Waals surface area contributed by atoms with Crippen molar-refractivity contribution in [2.75, 3.05) is 32.1 Å². The van der Waals surface area contributed by atoms with Crippen molar-refractivity contribution in [3.8, 4) is 11.3 Å². The molecule has 8 heteroatoms. The van der Waals surface area contributed by atoms with E-state index in [1.165, 1.54) is 12.3 Å². The Balaban J connectivity index is 1.47. The van der Waals surface area contributed by atoms with Crippen molar-refractivity contribution in [3.63, 3.8) is 0 Å². The minimum absolute atomic E-state index is 0.0717. The van der Waals surface area contributed by atoms with Gasteiger partial charge in [-0.15, -0.1) is 0 Å². The zero-order valence-corrected chi connectivity index (χ0v) is 16.7. The van der Waals surface area contributed by atoms with Gasteiger partial charge in [-0.25, -0.2) is 0 Å². The number of alkyl halides is 3. The third-order valence-electron chi connectivity index (χ3n) is 5.54. The predicted octanol–water partition coefficient (Wildman–Crippen LogP) is 4.60. The third kappa shape index (κ3) is 4.65. The second kappa shape index (κ2) is 8.73. The van der Waals surface area contributed by atoms with Crippen LogP contribution in [0.15, 0.2) is 41.5 Å². The highest BCUT2D eigenvalue weighted by Crippen LogP contribution is 2.37. The van der Waals surface area contributed by atoms with Crippen LogP contribution in [0.25, 0.3) is 11.3 Å². The van der Waals surface area contributed by atoms with Crippen molar-refractivity contribution in [1.29, 1.82) is 0 Å². The summed E-state index contributed by atoms with van der Waals surface area (Å²) < 4.78 is 45.6. The Kier molecular flexibility index (Phi) is 6.06. The number of aromatic nitrogens is 1. The van der Waals surface area contributed by atoms with Gasteiger partial charge in [-0.05, 0) is 37.6 Å². The van der Waals surface area contributed by atoms with Crippen LogP contribution in [0, 0.1) is 6.54 Å². The maximum atomic E-state index is 13.4. The second-order valence-electron chi connectivity index (χ2n) is 7.58. The number of aliphatic imine (C=N–C) groups is 1. The van der Waals surface area contributed by atoms with Crippen molar-refractivity contribution in [3.05, 3.63) is 54.2 Å². The van der Waals surface area contributed by atoms with Crippen molar-refractivity contribution in [2.45, 2.75) is 31.5 Å². The van der Waals surface area contributed by atoms with Crippen LogP contribution in [0.4, 0.5) is 18.9 Å². The average molecular weight is 417 g/mol. The van der Waals surface area contributed by atoms with E-state index in [0.29, 0.717) is 5.56 Å². The minimum atomic E-state index is -4.46. The Bertz CT molecular complexity index is 929. The SMILES string of the molecule is COC1CCCN(CCC2=N[CH]c3ccc(-c4ncccc4C(F)(F)F)cc3N2)C1. The number of pyridine rings is 1. The van der Waals surface area contributed by atoms with Crippen LogP contribution in [0.5, 0.6) is 0 Å². The molecule has 2 aliphatic rings. The van der Waals surface area contributed by atoms with Crippen molar-refractivity contribution in [1.82, 2.24) is 9.88 Å². The lowest BCUT2D eigenvalue weighted by atomic mass is 10.0. The highest BCUT2D eigenvalue weighted by atomic mass is 19.4. The van der Waals surface area contributed by atoms with Crippen LogP contribution < -0.4 is 5.32 Å². The summed E-state index contributed by atoms with van der Waals surface area (Å²) in [5, 5.41) is 3.28. The van der Waals surface area contributed by atoms with Gasteiger partial charge in [-0.3, -0.25) is 9.98 Å². The summed E-state index contributed by atoms with van der Waals surface area (Å²) in [7, 11) is 1.75. The summed E-state index contributed by atoms with van der Waals surface area (Å²) in [5.41, 5.74) is 1.19. The van der Waals surface area contributed by atoms with Crippen LogP contribution in [0.2, 0.25) is 0 Å². The number of nitrogens with zero attached hydrogens (tertiary/aromatic N) is 3. The molecule has 1 unspecified atom stereocenters. The van der Waals surface area contributed by atoms with Gasteiger partial charge in [0.25, 0.3) is 0 Å². The van der Waals surface area contributed by atoms with E-state index < -0.39 is 11.7 Å². The average Bonchev–Trinajstić information content (AvgIpc) is 2.76. The number of hydrogen-bond donors (Lipinski definition) is 1. The fourth-order valence-electron chi connectivity index (χ4n) is 3.92. The second-order valence-corrected chi connectivity index (χ2v) is 7.58. The molecule has 30 heavy (non-hydrogen) atoms. The van der Waals surface area contributed by atoms with Gasteiger partial charge in [0.1, 0.15) is 12.4 Å². The van der Waals surface area contributed by atoms with Crippen LogP contribution in [0.1, 0.15) is 30.4 Å². The van der Waals surface area contributed by atoms with Gasteiger partial charge in [0.2, 0.25) is 0 Å². The fourth-order valence-corrected chi connectivity index (χ4v) is 3.92. The first-order valence-electron chi connectivity index (χ1n) is 10.0. The number of likely N-dealkylation sites (tertiary alicyclic amines) is 1. The Labute approximate surface area is 174 Å². The third-order valence-corrected chi connectivity index (χ3v) is 5.54. The number of halogens is 3. The molecule has 2 aromatic rings. The van der Waals surface area contributed by atoms with E-state index in [0.717, 1.165) is 62.0 Å². The molecule has 1 atom stereocenters. The number of hydrogen-bond acceptors (Lipinski definition) is 5. The first-order valence-corrected chi connectivity index (χ1v) is 10.0. The Hall–Kier alpha value is -2.45. The zero-order valence-electron chi connectivity index (χ0n) is 16.7. The number of benzene rings is 1. The molecular formula is C22H24F3N4O. The molecule has 0 bridgehead atoms. The molecule has 159 valence electrons. The Morgan fingerprint density at radius 1 is 1.27 bits per heavy atom. The monoisotopic (exact) mass is 417 g/mol. The van der Waals surface area contributed by atoms with E-state index in [2.05, 4.69) is 20.2 Å². The number of piperidine rings is 1. The van der Waals surface area contributed by atoms with Gasteiger partial charge in [-0.1, -0.05) is 12.1 Å². The van der Waals surface area contributed by atoms with Crippen LogP contribution >= 0.6 is 0 Å². The predicted molar refractivity (Wildman–Crippen MR) is 110 cm³/mol. The molecule has 0 aliphatic carbocycles. The van der Waals surface area contributed by atoms with E-state index in [1.54, 1.807) is 31.9 Å². The normalized spacial score (nSPS) is 19.7. The Morgan fingerprint density at radius 3 is 2.93 bits per heavy atom. The maximum Gasteiger partial charge on any atom is 0.418 e. The maximum absolute atomic E-state index is 13.4. The van der Waals surface area contributed by atoms with Gasteiger partial charge < -0.3 is 15.0 Å². The number of ether oxygens (including phenoxy) is 1. The molecule has 0 spiro atoms. The van der Waals surface area contributed by atoms with Crippen LogP contribution in [-0.2, 0) is 10.9 Å². The molecule has 1 N–H and O–H groups in total. The molecule has 1 radical (unpaired) electrons. The quantitative estimate of drug-likeness (QED) is 0.773. The molecule has 2 aliphatic heterocycles. The summed E-state index contributed by atoms with van der Waals surface area (Å²) in [6.45, 7) is 4.56. The first kappa shape index (κ1) is 20.8. The van der Waals surface area contributed by atoms with Gasteiger partial charge >= 0.3 is 6.18 Å². The molecule has 3 heterocycles. The standard InChI is InChI=1S/C22H24F3N4O/c1-30-17-4-3-10-29(14-17)11-8-20-27-13-16-7-6-15(12-19(16)28-20)21-18(22(23,24)25)5-2-9-26-21/h2,5-7,9,12-13,17H,3-4,8,10-11,14H2,1H3,(H,27,28). The summed E-state index contributed by atoms with van der Waals surface area (Å²) >= 11 is 0. The van der Waals surface area contributed by atoms with E-state index in [-0.39, 0.29) is 11.8 Å². The van der Waals surface area contributed by atoms with Crippen molar-refractivity contribution < 1.29 is 17.9 Å². The highest BCUT2D eigenvalue weighted by Gasteiger charge is 2.34. The van der Waals surface area contributed by atoms with E-state index in [1.807, 2.05) is 0 Å². The number of amidine groups is 1. The van der Waals surface area contributed by atoms with Crippen LogP contribution in [0.3, 0.4) is 0 Å². The lowest BCUT2D eigenvalue weighted by Crippen LogP contribution is -2.40. The van der Waals surface area contributed by atoms with E-state index in [4.69, 9.17) is 4.74 Å². The van der Waals surface area contributed by atoms with Gasteiger partial charge in [0.05, 0.1) is 17.4 Å². The highest BCUT2D eigenvalue weighted by molar-refractivity contribution is 5.99. The molecule has 1 aromatic heterocycles. The molecule has 4 rings (SSSR count). The van der Waals surface area contributed by atoms with Crippen LogP contribution in [-0.4, -0.2) is 48.6 Å². The molecule has 0 amide bonds. The van der Waals surface area contributed by atoms with E-state index >= 15 is 0 Å². The van der Waals surface area contributed by atoms with E-state index in [9.17, 15) is 13.2 Å². The number of anilines is 1. The number of methoxy groups -OCH3 is 1. The zero-order chi connectivity index (χ0) is 21.1. The number of nitrogens with one attached hydrogen (secondary N) is 1. The number of fused-ring (bicyclic) bond motifs is 1. The smallest absolute Gasteiger partial charge is 0.380 e. The Morgan fingerprint density at radius 2 is 2.13 bits per heavy atom. The summed E-state index contributed by atoms with van der Waals surface area (Å²) in [6, 6.07) is 7.48. The van der Waals surface area contributed by atoms with Crippen molar-refractivity contribution in [2.24, 2.45) is 4.99 Å². The van der Waals surface area contributed by atoms with Gasteiger partial charge in [-0.2, -0.15) is 13.2 Å². The molecular weight excluding hydrogens is 393 g/mol. The topological polar surface area (TPSA) is 49.8 Å². The molecule has 1 saturated heterocycles. The van der Waals surface area contributed by atoms with Gasteiger partial charge in [0, 0.05) is 49.6 Å². The molecule has 5 nitrogen and oxygen atoms in total. The van der Waals surface area contributed by atoms with Crippen molar-refractivity contribution >= 4 is 11.5 Å². The molecule has 0 saturated carbocycles. The largest absolute Gasteiger partial charge is 0.418 e. The lowest BCUT2D eigenvalue weighted by molar-refractivity contribution is -0.137. The summed E-state index contributed by atoms with van der Waals surface area (Å²) in [5.74, 6) is 0.802.